The fourth-order valence-corrected chi connectivity index (χ4v) is 3.62. The SMILES string of the molecule is Cc1cc(C)n([C@@H]2CCCN(C(=O)Cc3c(C)nc(C)[nH]c3=O)C2)n1. The molecule has 1 fully saturated rings. The minimum atomic E-state index is -0.217. The monoisotopic (exact) mass is 343 g/mol. The molecule has 1 amide bonds. The van der Waals surface area contributed by atoms with Gasteiger partial charge in [-0.3, -0.25) is 14.3 Å². The first-order chi connectivity index (χ1) is 11.8. The molecule has 1 aliphatic heterocycles. The summed E-state index contributed by atoms with van der Waals surface area (Å²) in [4.78, 5) is 33.7. The average Bonchev–Trinajstić information content (AvgIpc) is 2.89. The molecule has 0 radical (unpaired) electrons. The van der Waals surface area contributed by atoms with Gasteiger partial charge in [0.2, 0.25) is 5.91 Å². The van der Waals surface area contributed by atoms with Crippen molar-refractivity contribution in [3.8, 4) is 0 Å². The molecule has 0 bridgehead atoms. The summed E-state index contributed by atoms with van der Waals surface area (Å²) in [7, 11) is 0. The quantitative estimate of drug-likeness (QED) is 0.917. The molecule has 1 saturated heterocycles. The molecule has 3 rings (SSSR count). The first-order valence-corrected chi connectivity index (χ1v) is 8.72. The van der Waals surface area contributed by atoms with Gasteiger partial charge in [0.25, 0.3) is 5.56 Å². The highest BCUT2D eigenvalue weighted by atomic mass is 16.2. The van der Waals surface area contributed by atoms with Gasteiger partial charge in [-0.05, 0) is 46.6 Å². The molecule has 0 aromatic carbocycles. The Bertz CT molecular complexity index is 852. The number of aryl methyl sites for hydroxylation is 4. The molecular weight excluding hydrogens is 318 g/mol. The fraction of sp³-hybridized carbons (Fsp3) is 0.556. The maximum Gasteiger partial charge on any atom is 0.254 e. The van der Waals surface area contributed by atoms with Gasteiger partial charge in [0.05, 0.1) is 18.2 Å². The van der Waals surface area contributed by atoms with E-state index in [0.29, 0.717) is 23.6 Å². The van der Waals surface area contributed by atoms with Crippen LogP contribution in [0.2, 0.25) is 0 Å². The van der Waals surface area contributed by atoms with Crippen LogP contribution in [0.3, 0.4) is 0 Å². The second-order valence-electron chi connectivity index (χ2n) is 6.90. The second kappa shape index (κ2) is 6.82. The van der Waals surface area contributed by atoms with Crippen molar-refractivity contribution < 1.29 is 4.79 Å². The lowest BCUT2D eigenvalue weighted by molar-refractivity contribution is -0.132. The summed E-state index contributed by atoms with van der Waals surface area (Å²) in [5, 5.41) is 4.56. The Morgan fingerprint density at radius 1 is 1.32 bits per heavy atom. The minimum absolute atomic E-state index is 0.0227. The third-order valence-electron chi connectivity index (χ3n) is 4.81. The van der Waals surface area contributed by atoms with Gasteiger partial charge in [-0.15, -0.1) is 0 Å². The molecule has 2 aromatic heterocycles. The number of amides is 1. The maximum absolute atomic E-state index is 12.7. The third-order valence-corrected chi connectivity index (χ3v) is 4.81. The van der Waals surface area contributed by atoms with Gasteiger partial charge in [-0.25, -0.2) is 4.98 Å². The molecule has 1 aliphatic rings. The van der Waals surface area contributed by atoms with Crippen molar-refractivity contribution in [3.05, 3.63) is 44.9 Å². The van der Waals surface area contributed by atoms with Crippen LogP contribution >= 0.6 is 0 Å². The third kappa shape index (κ3) is 3.65. The van der Waals surface area contributed by atoms with Crippen LogP contribution in [-0.2, 0) is 11.2 Å². The molecule has 0 aliphatic carbocycles. The number of aromatic amines is 1. The van der Waals surface area contributed by atoms with Crippen molar-refractivity contribution in [1.82, 2.24) is 24.6 Å². The number of carbonyl (C=O) groups excluding carboxylic acids is 1. The minimum Gasteiger partial charge on any atom is -0.340 e. The Morgan fingerprint density at radius 2 is 2.08 bits per heavy atom. The number of rotatable bonds is 3. The Hall–Kier alpha value is -2.44. The lowest BCUT2D eigenvalue weighted by atomic mass is 10.0. The zero-order valence-electron chi connectivity index (χ0n) is 15.3. The van der Waals surface area contributed by atoms with Crippen molar-refractivity contribution in [2.24, 2.45) is 0 Å². The summed E-state index contributed by atoms with van der Waals surface area (Å²) in [5.41, 5.74) is 2.98. The van der Waals surface area contributed by atoms with E-state index in [9.17, 15) is 9.59 Å². The lowest BCUT2D eigenvalue weighted by Gasteiger charge is -2.33. The van der Waals surface area contributed by atoms with Gasteiger partial charge in [0.15, 0.2) is 0 Å². The maximum atomic E-state index is 12.7. The molecule has 2 aromatic rings. The number of hydrogen-bond acceptors (Lipinski definition) is 4. The first-order valence-electron chi connectivity index (χ1n) is 8.72. The molecule has 0 spiro atoms. The highest BCUT2D eigenvalue weighted by Gasteiger charge is 2.27. The zero-order chi connectivity index (χ0) is 18.1. The number of aromatic nitrogens is 4. The van der Waals surface area contributed by atoms with Gasteiger partial charge in [-0.2, -0.15) is 5.10 Å². The van der Waals surface area contributed by atoms with E-state index in [-0.39, 0.29) is 23.9 Å². The van der Waals surface area contributed by atoms with Gasteiger partial charge in [0.1, 0.15) is 5.82 Å². The summed E-state index contributed by atoms with van der Waals surface area (Å²) in [5.74, 6) is 0.548. The highest BCUT2D eigenvalue weighted by Crippen LogP contribution is 2.23. The van der Waals surface area contributed by atoms with Crippen LogP contribution in [0.1, 0.15) is 47.4 Å². The van der Waals surface area contributed by atoms with Crippen LogP contribution in [0.15, 0.2) is 10.9 Å². The molecule has 1 atom stereocenters. The topological polar surface area (TPSA) is 83.9 Å². The molecule has 0 saturated carbocycles. The molecule has 25 heavy (non-hydrogen) atoms. The van der Waals surface area contributed by atoms with Gasteiger partial charge >= 0.3 is 0 Å². The smallest absolute Gasteiger partial charge is 0.254 e. The van der Waals surface area contributed by atoms with Crippen molar-refractivity contribution in [2.45, 2.75) is 53.0 Å². The Kier molecular flexibility index (Phi) is 4.74. The summed E-state index contributed by atoms with van der Waals surface area (Å²) >= 11 is 0. The van der Waals surface area contributed by atoms with E-state index in [2.05, 4.69) is 21.1 Å². The van der Waals surface area contributed by atoms with E-state index in [1.54, 1.807) is 13.8 Å². The van der Waals surface area contributed by atoms with Crippen LogP contribution in [0.4, 0.5) is 0 Å². The van der Waals surface area contributed by atoms with Crippen LogP contribution in [0.5, 0.6) is 0 Å². The van der Waals surface area contributed by atoms with Crippen LogP contribution in [0, 0.1) is 27.7 Å². The van der Waals surface area contributed by atoms with E-state index < -0.39 is 0 Å². The number of carbonyl (C=O) groups is 1. The molecule has 3 heterocycles. The number of nitrogens with one attached hydrogen (secondary N) is 1. The molecule has 134 valence electrons. The Labute approximate surface area is 147 Å². The van der Waals surface area contributed by atoms with Crippen molar-refractivity contribution in [3.63, 3.8) is 0 Å². The Balaban J connectivity index is 1.75. The van der Waals surface area contributed by atoms with Gasteiger partial charge in [0, 0.05) is 30.0 Å². The van der Waals surface area contributed by atoms with Crippen LogP contribution in [-0.4, -0.2) is 43.6 Å². The molecule has 7 heteroatoms. The number of H-pyrrole nitrogens is 1. The first kappa shape index (κ1) is 17.4. The average molecular weight is 343 g/mol. The van der Waals surface area contributed by atoms with Crippen molar-refractivity contribution in [1.29, 1.82) is 0 Å². The molecule has 1 N–H and O–H groups in total. The van der Waals surface area contributed by atoms with Crippen molar-refractivity contribution >= 4 is 5.91 Å². The lowest BCUT2D eigenvalue weighted by Crippen LogP contribution is -2.42. The fourth-order valence-electron chi connectivity index (χ4n) is 3.62. The normalized spacial score (nSPS) is 17.8. The number of nitrogens with zero attached hydrogens (tertiary/aromatic N) is 4. The number of hydrogen-bond donors (Lipinski definition) is 1. The Morgan fingerprint density at radius 3 is 2.72 bits per heavy atom. The zero-order valence-corrected chi connectivity index (χ0v) is 15.3. The summed E-state index contributed by atoms with van der Waals surface area (Å²) in [6.07, 6.45) is 2.05. The van der Waals surface area contributed by atoms with Crippen LogP contribution < -0.4 is 5.56 Å². The predicted molar refractivity (Wildman–Crippen MR) is 94.6 cm³/mol. The summed E-state index contributed by atoms with van der Waals surface area (Å²) in [6, 6.07) is 2.25. The largest absolute Gasteiger partial charge is 0.340 e. The number of piperidine rings is 1. The molecular formula is C18H25N5O2. The number of likely N-dealkylation sites (tertiary alicyclic amines) is 1. The summed E-state index contributed by atoms with van der Waals surface area (Å²) in [6.45, 7) is 8.90. The highest BCUT2D eigenvalue weighted by molar-refractivity contribution is 5.79. The van der Waals surface area contributed by atoms with E-state index in [0.717, 1.165) is 30.8 Å². The molecule has 7 nitrogen and oxygen atoms in total. The van der Waals surface area contributed by atoms with Gasteiger partial charge < -0.3 is 9.88 Å². The molecule has 0 unspecified atom stereocenters. The van der Waals surface area contributed by atoms with E-state index >= 15 is 0 Å². The predicted octanol–water partition coefficient (Wildman–Crippen LogP) is 1.61. The summed E-state index contributed by atoms with van der Waals surface area (Å²) < 4.78 is 2.03. The van der Waals surface area contributed by atoms with E-state index in [1.807, 2.05) is 23.4 Å². The van der Waals surface area contributed by atoms with E-state index in [1.165, 1.54) is 0 Å². The van der Waals surface area contributed by atoms with Crippen molar-refractivity contribution in [2.75, 3.05) is 13.1 Å². The van der Waals surface area contributed by atoms with E-state index in [4.69, 9.17) is 0 Å². The van der Waals surface area contributed by atoms with Gasteiger partial charge in [-0.1, -0.05) is 0 Å². The second-order valence-corrected chi connectivity index (χ2v) is 6.90. The van der Waals surface area contributed by atoms with Crippen LogP contribution in [0.25, 0.3) is 0 Å². The standard InChI is InChI=1S/C18H25N5O2/c1-11-8-12(2)23(21-11)15-6-5-7-22(10-15)17(24)9-16-13(3)19-14(4)20-18(16)25/h8,15H,5-7,9-10H2,1-4H3,(H,19,20,25)/t15-/m1/s1.